The van der Waals surface area contributed by atoms with Crippen LogP contribution < -0.4 is 0 Å². The summed E-state index contributed by atoms with van der Waals surface area (Å²) in [6.07, 6.45) is 1.47. The molecule has 0 fully saturated rings. The van der Waals surface area contributed by atoms with E-state index < -0.39 is 11.4 Å². The van der Waals surface area contributed by atoms with Gasteiger partial charge < -0.3 is 15.0 Å². The zero-order valence-electron chi connectivity index (χ0n) is 12.7. The molecule has 1 amide bonds. The van der Waals surface area contributed by atoms with Gasteiger partial charge >= 0.3 is 5.97 Å². The van der Waals surface area contributed by atoms with E-state index in [0.717, 1.165) is 0 Å². The summed E-state index contributed by atoms with van der Waals surface area (Å²) in [5.74, 6) is -0.896. The molecule has 20 heavy (non-hydrogen) atoms. The lowest BCUT2D eigenvalue weighted by atomic mass is 9.92. The second-order valence-corrected chi connectivity index (χ2v) is 6.14. The predicted molar refractivity (Wildman–Crippen MR) is 75.5 cm³/mol. The van der Waals surface area contributed by atoms with Gasteiger partial charge in [0.2, 0.25) is 0 Å². The van der Waals surface area contributed by atoms with Gasteiger partial charge in [0.25, 0.3) is 5.91 Å². The van der Waals surface area contributed by atoms with Gasteiger partial charge in [0.05, 0.1) is 11.7 Å². The molecule has 0 unspecified atom stereocenters. The lowest BCUT2D eigenvalue weighted by molar-refractivity contribution is -0.147. The number of nitrogens with zero attached hydrogens (tertiary/aromatic N) is 2. The molecule has 0 aliphatic rings. The Morgan fingerprint density at radius 2 is 2.05 bits per heavy atom. The van der Waals surface area contributed by atoms with Gasteiger partial charge in [-0.1, -0.05) is 13.8 Å². The SMILES string of the molecule is Cc1[nH]cnc1C(=O)N(CC(C)C)CC(C)(C)C(=O)O. The molecule has 0 spiro atoms. The Morgan fingerprint density at radius 1 is 1.45 bits per heavy atom. The van der Waals surface area contributed by atoms with Crippen LogP contribution in [0.1, 0.15) is 43.9 Å². The molecule has 1 aromatic rings. The number of amides is 1. The number of carboxylic acids is 1. The Kier molecular flexibility index (Phi) is 4.92. The molecule has 0 atom stereocenters. The molecular weight excluding hydrogens is 258 g/mol. The van der Waals surface area contributed by atoms with E-state index in [2.05, 4.69) is 9.97 Å². The third-order valence-corrected chi connectivity index (χ3v) is 3.07. The van der Waals surface area contributed by atoms with Crippen molar-refractivity contribution in [3.63, 3.8) is 0 Å². The number of carbonyl (C=O) groups excluding carboxylic acids is 1. The van der Waals surface area contributed by atoms with E-state index in [4.69, 9.17) is 0 Å². The average Bonchev–Trinajstić information content (AvgIpc) is 2.72. The van der Waals surface area contributed by atoms with Crippen molar-refractivity contribution in [3.05, 3.63) is 17.7 Å². The fourth-order valence-electron chi connectivity index (χ4n) is 1.93. The Balaban J connectivity index is 2.98. The van der Waals surface area contributed by atoms with E-state index >= 15 is 0 Å². The van der Waals surface area contributed by atoms with Crippen molar-refractivity contribution in [2.75, 3.05) is 13.1 Å². The summed E-state index contributed by atoms with van der Waals surface area (Å²) in [6.45, 7) is 9.65. The highest BCUT2D eigenvalue weighted by molar-refractivity contribution is 5.93. The zero-order chi connectivity index (χ0) is 15.5. The average molecular weight is 281 g/mol. The van der Waals surface area contributed by atoms with E-state index in [-0.39, 0.29) is 18.4 Å². The molecule has 6 nitrogen and oxygen atoms in total. The van der Waals surface area contributed by atoms with Crippen LogP contribution in [0.25, 0.3) is 0 Å². The van der Waals surface area contributed by atoms with Crippen molar-refractivity contribution < 1.29 is 14.7 Å². The van der Waals surface area contributed by atoms with Crippen LogP contribution in [0.2, 0.25) is 0 Å². The highest BCUT2D eigenvalue weighted by atomic mass is 16.4. The molecule has 0 saturated carbocycles. The number of rotatable bonds is 6. The smallest absolute Gasteiger partial charge is 0.310 e. The topological polar surface area (TPSA) is 86.3 Å². The summed E-state index contributed by atoms with van der Waals surface area (Å²) in [4.78, 5) is 32.2. The molecule has 0 radical (unpaired) electrons. The molecule has 1 rings (SSSR count). The van der Waals surface area contributed by atoms with Crippen LogP contribution in [0, 0.1) is 18.3 Å². The fraction of sp³-hybridized carbons (Fsp3) is 0.643. The number of aromatic amines is 1. The molecule has 0 saturated heterocycles. The maximum absolute atomic E-state index is 12.5. The van der Waals surface area contributed by atoms with Crippen LogP contribution in [0.5, 0.6) is 0 Å². The van der Waals surface area contributed by atoms with Crippen LogP contribution in [-0.4, -0.2) is 44.9 Å². The second-order valence-electron chi connectivity index (χ2n) is 6.14. The Bertz CT molecular complexity index is 492. The number of imidazole rings is 1. The Labute approximate surface area is 119 Å². The van der Waals surface area contributed by atoms with Gasteiger partial charge in [-0.15, -0.1) is 0 Å². The summed E-state index contributed by atoms with van der Waals surface area (Å²) < 4.78 is 0. The minimum Gasteiger partial charge on any atom is -0.481 e. The van der Waals surface area contributed by atoms with Crippen molar-refractivity contribution in [2.45, 2.75) is 34.6 Å². The maximum Gasteiger partial charge on any atom is 0.310 e. The zero-order valence-corrected chi connectivity index (χ0v) is 12.7. The van der Waals surface area contributed by atoms with Gasteiger partial charge in [-0.2, -0.15) is 0 Å². The molecule has 0 aliphatic carbocycles. The van der Waals surface area contributed by atoms with Crippen LogP contribution in [0.4, 0.5) is 0 Å². The molecule has 2 N–H and O–H groups in total. The number of nitrogens with one attached hydrogen (secondary N) is 1. The standard InChI is InChI=1S/C14H23N3O3/c1-9(2)6-17(7-14(4,5)13(19)20)12(18)11-10(3)15-8-16-11/h8-9H,6-7H2,1-5H3,(H,15,16)(H,19,20). The number of carboxylic acid groups (broad SMARTS) is 1. The largest absolute Gasteiger partial charge is 0.481 e. The maximum atomic E-state index is 12.5. The number of H-pyrrole nitrogens is 1. The lowest BCUT2D eigenvalue weighted by Gasteiger charge is -2.30. The molecule has 0 aliphatic heterocycles. The van der Waals surface area contributed by atoms with Gasteiger partial charge in [0.1, 0.15) is 5.69 Å². The van der Waals surface area contributed by atoms with Crippen molar-refractivity contribution in [3.8, 4) is 0 Å². The highest BCUT2D eigenvalue weighted by Crippen LogP contribution is 2.20. The number of aryl methyl sites for hydroxylation is 1. The molecule has 1 aromatic heterocycles. The number of aliphatic carboxylic acids is 1. The van der Waals surface area contributed by atoms with E-state index in [1.807, 2.05) is 13.8 Å². The minimum atomic E-state index is -0.991. The summed E-state index contributed by atoms with van der Waals surface area (Å²) in [5.41, 5.74) is 0.0538. The third kappa shape index (κ3) is 3.82. The molecule has 6 heteroatoms. The highest BCUT2D eigenvalue weighted by Gasteiger charge is 2.33. The summed E-state index contributed by atoms with van der Waals surface area (Å²) in [6, 6.07) is 0. The molecule has 1 heterocycles. The Morgan fingerprint density at radius 3 is 2.45 bits per heavy atom. The number of aromatic nitrogens is 2. The summed E-state index contributed by atoms with van der Waals surface area (Å²) in [7, 11) is 0. The van der Waals surface area contributed by atoms with Gasteiger partial charge in [0, 0.05) is 18.8 Å². The van der Waals surface area contributed by atoms with Gasteiger partial charge in [0.15, 0.2) is 0 Å². The number of hydrogen-bond donors (Lipinski definition) is 2. The van der Waals surface area contributed by atoms with Crippen molar-refractivity contribution in [2.24, 2.45) is 11.3 Å². The predicted octanol–water partition coefficient (Wildman–Crippen LogP) is 1.93. The van der Waals surface area contributed by atoms with E-state index in [0.29, 0.717) is 17.9 Å². The first-order chi connectivity index (χ1) is 9.15. The van der Waals surface area contributed by atoms with Gasteiger partial charge in [-0.25, -0.2) is 4.98 Å². The van der Waals surface area contributed by atoms with E-state index in [1.54, 1.807) is 25.7 Å². The van der Waals surface area contributed by atoms with Crippen molar-refractivity contribution >= 4 is 11.9 Å². The minimum absolute atomic E-state index is 0.158. The molecule has 0 bridgehead atoms. The third-order valence-electron chi connectivity index (χ3n) is 3.07. The Hall–Kier alpha value is -1.85. The van der Waals surface area contributed by atoms with E-state index in [9.17, 15) is 14.7 Å². The van der Waals surface area contributed by atoms with Crippen molar-refractivity contribution in [1.82, 2.24) is 14.9 Å². The van der Waals surface area contributed by atoms with Crippen LogP contribution in [0.15, 0.2) is 6.33 Å². The molecule has 112 valence electrons. The first-order valence-electron chi connectivity index (χ1n) is 6.67. The quantitative estimate of drug-likeness (QED) is 0.834. The first kappa shape index (κ1) is 16.2. The number of carbonyl (C=O) groups is 2. The van der Waals surface area contributed by atoms with Crippen LogP contribution in [-0.2, 0) is 4.79 Å². The monoisotopic (exact) mass is 281 g/mol. The summed E-state index contributed by atoms with van der Waals surface area (Å²) in [5, 5.41) is 9.23. The molecular formula is C14H23N3O3. The van der Waals surface area contributed by atoms with Crippen LogP contribution >= 0.6 is 0 Å². The lowest BCUT2D eigenvalue weighted by Crippen LogP contribution is -2.44. The summed E-state index contributed by atoms with van der Waals surface area (Å²) >= 11 is 0. The van der Waals surface area contributed by atoms with Crippen LogP contribution in [0.3, 0.4) is 0 Å². The van der Waals surface area contributed by atoms with E-state index in [1.165, 1.54) is 6.33 Å². The van der Waals surface area contributed by atoms with Gasteiger partial charge in [-0.3, -0.25) is 9.59 Å². The first-order valence-corrected chi connectivity index (χ1v) is 6.67. The van der Waals surface area contributed by atoms with Crippen molar-refractivity contribution in [1.29, 1.82) is 0 Å². The molecule has 0 aromatic carbocycles. The number of hydrogen-bond acceptors (Lipinski definition) is 3. The fourth-order valence-corrected chi connectivity index (χ4v) is 1.93. The van der Waals surface area contributed by atoms with Gasteiger partial charge in [-0.05, 0) is 26.7 Å². The second kappa shape index (κ2) is 6.07. The normalized spacial score (nSPS) is 11.7.